The fourth-order valence-electron chi connectivity index (χ4n) is 3.37. The van der Waals surface area contributed by atoms with E-state index in [0.29, 0.717) is 12.8 Å². The average molecular weight is 463 g/mol. The Morgan fingerprint density at radius 2 is 1.55 bits per heavy atom. The first-order valence-electron chi connectivity index (χ1n) is 11.5. The van der Waals surface area contributed by atoms with Crippen LogP contribution in [-0.2, 0) is 25.6 Å². The minimum absolute atomic E-state index is 0.0883. The number of hydrogen-bond acceptors (Lipinski definition) is 5. The van der Waals surface area contributed by atoms with Gasteiger partial charge in [-0.15, -0.1) is 0 Å². The molecule has 0 aromatic heterocycles. The molecule has 4 atom stereocenters. The summed E-state index contributed by atoms with van der Waals surface area (Å²) < 4.78 is 0. The number of carbonyl (C=O) groups is 4. The summed E-state index contributed by atoms with van der Waals surface area (Å²) in [5, 5.41) is 17.5. The standard InChI is InChI=1S/C24H38N4O5/c1-5-16(4)21(24(32)33)28-23(31)19(14-17-9-7-6-8-10-17)27-22(30)18(13-15(2)3)26-20(29)11-12-25/h6-10,15-16,18-19,21H,5,11-14,25H2,1-4H3,(H,26,29)(H,27,30)(H,28,31)(H,32,33)/t16-,18-,19-,21-/m0/s1. The number of benzene rings is 1. The highest BCUT2D eigenvalue weighted by Crippen LogP contribution is 2.11. The summed E-state index contributed by atoms with van der Waals surface area (Å²) in [5.41, 5.74) is 6.24. The highest BCUT2D eigenvalue weighted by molar-refractivity contribution is 5.93. The van der Waals surface area contributed by atoms with Crippen LogP contribution in [-0.4, -0.2) is 53.5 Å². The molecule has 184 valence electrons. The number of nitrogens with two attached hydrogens (primary N) is 1. The smallest absolute Gasteiger partial charge is 0.326 e. The minimum Gasteiger partial charge on any atom is -0.480 e. The summed E-state index contributed by atoms with van der Waals surface area (Å²) in [6.07, 6.45) is 1.21. The molecule has 0 unspecified atom stereocenters. The van der Waals surface area contributed by atoms with Gasteiger partial charge < -0.3 is 26.8 Å². The van der Waals surface area contributed by atoms with Gasteiger partial charge in [0.05, 0.1) is 0 Å². The van der Waals surface area contributed by atoms with Crippen molar-refractivity contribution in [3.63, 3.8) is 0 Å². The van der Waals surface area contributed by atoms with Gasteiger partial charge in [0.15, 0.2) is 0 Å². The van der Waals surface area contributed by atoms with Gasteiger partial charge in [-0.2, -0.15) is 0 Å². The fraction of sp³-hybridized carbons (Fsp3) is 0.583. The lowest BCUT2D eigenvalue weighted by molar-refractivity contribution is -0.143. The Labute approximate surface area is 195 Å². The summed E-state index contributed by atoms with van der Waals surface area (Å²) in [6, 6.07) is 6.21. The van der Waals surface area contributed by atoms with E-state index >= 15 is 0 Å². The van der Waals surface area contributed by atoms with Gasteiger partial charge in [-0.05, 0) is 23.8 Å². The lowest BCUT2D eigenvalue weighted by Gasteiger charge is -2.26. The molecule has 9 heteroatoms. The molecule has 3 amide bonds. The molecule has 33 heavy (non-hydrogen) atoms. The van der Waals surface area contributed by atoms with Crippen LogP contribution in [0.5, 0.6) is 0 Å². The quantitative estimate of drug-likeness (QED) is 0.280. The highest BCUT2D eigenvalue weighted by Gasteiger charge is 2.31. The lowest BCUT2D eigenvalue weighted by Crippen LogP contribution is -2.57. The number of hydrogen-bond donors (Lipinski definition) is 5. The van der Waals surface area contributed by atoms with E-state index < -0.39 is 35.9 Å². The molecule has 0 spiro atoms. The number of carboxylic acids is 1. The van der Waals surface area contributed by atoms with Crippen molar-refractivity contribution in [1.29, 1.82) is 0 Å². The van der Waals surface area contributed by atoms with Gasteiger partial charge in [-0.25, -0.2) is 4.79 Å². The number of aliphatic carboxylic acids is 1. The number of amides is 3. The van der Waals surface area contributed by atoms with Gasteiger partial charge in [0.2, 0.25) is 17.7 Å². The summed E-state index contributed by atoms with van der Waals surface area (Å²) >= 11 is 0. The van der Waals surface area contributed by atoms with Gasteiger partial charge in [0, 0.05) is 19.4 Å². The van der Waals surface area contributed by atoms with Crippen molar-refractivity contribution >= 4 is 23.7 Å². The van der Waals surface area contributed by atoms with Crippen LogP contribution in [0, 0.1) is 11.8 Å². The zero-order valence-electron chi connectivity index (χ0n) is 20.0. The molecule has 0 saturated carbocycles. The third kappa shape index (κ3) is 10.0. The summed E-state index contributed by atoms with van der Waals surface area (Å²) in [5.74, 6) is -2.73. The molecule has 9 nitrogen and oxygen atoms in total. The predicted molar refractivity (Wildman–Crippen MR) is 126 cm³/mol. The van der Waals surface area contributed by atoms with E-state index in [1.54, 1.807) is 6.92 Å². The molecule has 1 aromatic rings. The first-order chi connectivity index (χ1) is 15.6. The molecule has 1 aromatic carbocycles. The normalized spacial score (nSPS) is 14.6. The molecule has 0 saturated heterocycles. The first-order valence-corrected chi connectivity index (χ1v) is 11.5. The molecule has 0 radical (unpaired) electrons. The molecule has 0 bridgehead atoms. The van der Waals surface area contributed by atoms with E-state index in [1.807, 2.05) is 51.1 Å². The van der Waals surface area contributed by atoms with Crippen LogP contribution in [0.15, 0.2) is 30.3 Å². The maximum Gasteiger partial charge on any atom is 0.326 e. The fourth-order valence-corrected chi connectivity index (χ4v) is 3.37. The van der Waals surface area contributed by atoms with Crippen molar-refractivity contribution in [3.8, 4) is 0 Å². The van der Waals surface area contributed by atoms with Crippen molar-refractivity contribution in [2.24, 2.45) is 17.6 Å². The van der Waals surface area contributed by atoms with E-state index in [0.717, 1.165) is 5.56 Å². The Hall–Kier alpha value is -2.94. The van der Waals surface area contributed by atoms with Crippen molar-refractivity contribution in [1.82, 2.24) is 16.0 Å². The molecule has 6 N–H and O–H groups in total. The number of carbonyl (C=O) groups excluding carboxylic acids is 3. The van der Waals surface area contributed by atoms with E-state index in [2.05, 4.69) is 16.0 Å². The maximum atomic E-state index is 13.1. The third-order valence-electron chi connectivity index (χ3n) is 5.42. The summed E-state index contributed by atoms with van der Waals surface area (Å²) in [4.78, 5) is 49.9. The molecule has 0 aliphatic heterocycles. The van der Waals surface area contributed by atoms with Gasteiger partial charge in [0.1, 0.15) is 18.1 Å². The Morgan fingerprint density at radius 3 is 2.06 bits per heavy atom. The van der Waals surface area contributed by atoms with Crippen LogP contribution in [0.2, 0.25) is 0 Å². The molecular weight excluding hydrogens is 424 g/mol. The number of nitrogens with one attached hydrogen (secondary N) is 3. The van der Waals surface area contributed by atoms with Crippen LogP contribution < -0.4 is 21.7 Å². The monoisotopic (exact) mass is 462 g/mol. The molecule has 0 aliphatic rings. The number of rotatable bonds is 14. The van der Waals surface area contributed by atoms with Gasteiger partial charge in [-0.3, -0.25) is 14.4 Å². The van der Waals surface area contributed by atoms with Gasteiger partial charge >= 0.3 is 5.97 Å². The van der Waals surface area contributed by atoms with Gasteiger partial charge in [0.25, 0.3) is 0 Å². The van der Waals surface area contributed by atoms with Crippen LogP contribution in [0.3, 0.4) is 0 Å². The first kappa shape index (κ1) is 28.1. The van der Waals surface area contributed by atoms with Crippen LogP contribution in [0.4, 0.5) is 0 Å². The van der Waals surface area contributed by atoms with Crippen molar-refractivity contribution < 1.29 is 24.3 Å². The van der Waals surface area contributed by atoms with Crippen molar-refractivity contribution in [2.45, 2.75) is 71.5 Å². The predicted octanol–water partition coefficient (Wildman–Crippen LogP) is 1.21. The second-order valence-corrected chi connectivity index (χ2v) is 8.75. The van der Waals surface area contributed by atoms with E-state index in [9.17, 15) is 24.3 Å². The Balaban J connectivity index is 3.10. The van der Waals surface area contributed by atoms with Crippen LogP contribution >= 0.6 is 0 Å². The summed E-state index contributed by atoms with van der Waals surface area (Å²) in [7, 11) is 0. The Kier molecular flexibility index (Phi) is 12.1. The second-order valence-electron chi connectivity index (χ2n) is 8.75. The van der Waals surface area contributed by atoms with Gasteiger partial charge in [-0.1, -0.05) is 64.4 Å². The molecule has 0 aliphatic carbocycles. The molecule has 0 fully saturated rings. The van der Waals surface area contributed by atoms with E-state index in [1.165, 1.54) is 0 Å². The molecule has 1 rings (SSSR count). The zero-order chi connectivity index (χ0) is 25.0. The third-order valence-corrected chi connectivity index (χ3v) is 5.42. The summed E-state index contributed by atoms with van der Waals surface area (Å²) in [6.45, 7) is 7.60. The largest absolute Gasteiger partial charge is 0.480 e. The second kappa shape index (κ2) is 14.3. The van der Waals surface area contributed by atoms with E-state index in [-0.39, 0.29) is 37.1 Å². The van der Waals surface area contributed by atoms with Crippen LogP contribution in [0.1, 0.15) is 52.5 Å². The van der Waals surface area contributed by atoms with E-state index in [4.69, 9.17) is 5.73 Å². The Morgan fingerprint density at radius 1 is 0.939 bits per heavy atom. The molecule has 0 heterocycles. The topological polar surface area (TPSA) is 151 Å². The molecular formula is C24H38N4O5. The average Bonchev–Trinajstić information content (AvgIpc) is 2.76. The maximum absolute atomic E-state index is 13.1. The minimum atomic E-state index is -1.13. The Bertz CT molecular complexity index is 784. The van der Waals surface area contributed by atoms with Crippen molar-refractivity contribution in [2.75, 3.05) is 6.54 Å². The van der Waals surface area contributed by atoms with Crippen LogP contribution in [0.25, 0.3) is 0 Å². The lowest BCUT2D eigenvalue weighted by atomic mass is 9.97. The highest BCUT2D eigenvalue weighted by atomic mass is 16.4. The number of carboxylic acid groups (broad SMARTS) is 1. The van der Waals surface area contributed by atoms with Crippen molar-refractivity contribution in [3.05, 3.63) is 35.9 Å². The zero-order valence-corrected chi connectivity index (χ0v) is 20.0. The SMILES string of the molecule is CC[C@H](C)[C@H](NC(=O)[C@H](Cc1ccccc1)NC(=O)[C@H](CC(C)C)NC(=O)CCN)C(=O)O.